The number of anilines is 1. The molecular formula is C16H10N6S. The third kappa shape index (κ3) is 2.22. The van der Waals surface area contributed by atoms with Gasteiger partial charge < -0.3 is 10.7 Å². The van der Waals surface area contributed by atoms with E-state index in [-0.39, 0.29) is 5.82 Å². The highest BCUT2D eigenvalue weighted by molar-refractivity contribution is 7.00. The Morgan fingerprint density at radius 2 is 1.96 bits per heavy atom. The number of rotatable bonds is 2. The molecule has 1 aromatic carbocycles. The zero-order valence-electron chi connectivity index (χ0n) is 11.8. The van der Waals surface area contributed by atoms with Gasteiger partial charge in [-0.25, -0.2) is 4.98 Å². The summed E-state index contributed by atoms with van der Waals surface area (Å²) in [7, 11) is 0. The van der Waals surface area contributed by atoms with E-state index in [1.54, 1.807) is 0 Å². The first-order valence-electron chi connectivity index (χ1n) is 6.83. The van der Waals surface area contributed by atoms with Crippen molar-refractivity contribution in [2.45, 2.75) is 0 Å². The summed E-state index contributed by atoms with van der Waals surface area (Å²) in [6.07, 6.45) is 3.66. The average Bonchev–Trinajstić information content (AvgIpc) is 3.24. The minimum absolute atomic E-state index is 0.220. The molecule has 0 fully saturated rings. The van der Waals surface area contributed by atoms with Gasteiger partial charge in [-0.1, -0.05) is 6.07 Å². The highest BCUT2D eigenvalue weighted by atomic mass is 32.1. The SMILES string of the molecule is N#Cc1c(-c2ccc3nsnc3c2)cc(-c2cc[nH]c2)nc1N. The van der Waals surface area contributed by atoms with Gasteiger partial charge in [0, 0.05) is 23.5 Å². The predicted molar refractivity (Wildman–Crippen MR) is 89.6 cm³/mol. The molecule has 4 aromatic rings. The van der Waals surface area contributed by atoms with E-state index < -0.39 is 0 Å². The van der Waals surface area contributed by atoms with Gasteiger partial charge in [0.15, 0.2) is 0 Å². The monoisotopic (exact) mass is 318 g/mol. The fourth-order valence-electron chi connectivity index (χ4n) is 2.49. The van der Waals surface area contributed by atoms with Crippen LogP contribution in [0.25, 0.3) is 33.4 Å². The van der Waals surface area contributed by atoms with Crippen molar-refractivity contribution < 1.29 is 0 Å². The van der Waals surface area contributed by atoms with Crippen LogP contribution >= 0.6 is 11.7 Å². The molecule has 0 amide bonds. The molecule has 0 saturated heterocycles. The lowest BCUT2D eigenvalue weighted by Crippen LogP contribution is -1.99. The molecule has 7 heteroatoms. The maximum atomic E-state index is 9.45. The van der Waals surface area contributed by atoms with Crippen LogP contribution in [0.5, 0.6) is 0 Å². The second kappa shape index (κ2) is 5.19. The number of hydrogen-bond donors (Lipinski definition) is 2. The lowest BCUT2D eigenvalue weighted by Gasteiger charge is -2.09. The fraction of sp³-hybridized carbons (Fsp3) is 0. The van der Waals surface area contributed by atoms with E-state index >= 15 is 0 Å². The largest absolute Gasteiger partial charge is 0.383 e. The molecule has 3 N–H and O–H groups in total. The normalized spacial score (nSPS) is 10.7. The summed E-state index contributed by atoms with van der Waals surface area (Å²) >= 11 is 1.16. The Kier molecular flexibility index (Phi) is 3.03. The molecule has 0 saturated carbocycles. The van der Waals surface area contributed by atoms with E-state index in [1.165, 1.54) is 0 Å². The summed E-state index contributed by atoms with van der Waals surface area (Å²) in [5.74, 6) is 0.220. The highest BCUT2D eigenvalue weighted by Crippen LogP contribution is 2.32. The number of aromatic amines is 1. The molecule has 0 bridgehead atoms. The molecule has 0 aliphatic carbocycles. The summed E-state index contributed by atoms with van der Waals surface area (Å²) in [6.45, 7) is 0. The van der Waals surface area contributed by atoms with Crippen molar-refractivity contribution in [1.82, 2.24) is 18.7 Å². The Morgan fingerprint density at radius 3 is 2.74 bits per heavy atom. The Hall–Kier alpha value is -3.24. The van der Waals surface area contributed by atoms with Crippen molar-refractivity contribution in [2.75, 3.05) is 5.73 Å². The molecule has 3 aromatic heterocycles. The first-order valence-corrected chi connectivity index (χ1v) is 7.56. The summed E-state index contributed by atoms with van der Waals surface area (Å²) in [5.41, 5.74) is 11.2. The van der Waals surface area contributed by atoms with E-state index in [4.69, 9.17) is 5.73 Å². The van der Waals surface area contributed by atoms with Gasteiger partial charge in [-0.05, 0) is 29.8 Å². The summed E-state index contributed by atoms with van der Waals surface area (Å²) in [6, 6.07) is 11.6. The van der Waals surface area contributed by atoms with Crippen molar-refractivity contribution >= 4 is 28.6 Å². The number of nitriles is 1. The maximum absolute atomic E-state index is 9.45. The second-order valence-electron chi connectivity index (χ2n) is 4.99. The van der Waals surface area contributed by atoms with E-state index in [2.05, 4.69) is 24.8 Å². The Balaban J connectivity index is 1.97. The van der Waals surface area contributed by atoms with Crippen LogP contribution in [0, 0.1) is 11.3 Å². The van der Waals surface area contributed by atoms with Crippen LogP contribution in [0.4, 0.5) is 5.82 Å². The third-order valence-electron chi connectivity index (χ3n) is 3.62. The van der Waals surface area contributed by atoms with Crippen molar-refractivity contribution in [3.8, 4) is 28.5 Å². The maximum Gasteiger partial charge on any atom is 0.142 e. The zero-order valence-corrected chi connectivity index (χ0v) is 12.6. The number of pyridine rings is 1. The molecule has 0 aliphatic rings. The lowest BCUT2D eigenvalue weighted by atomic mass is 9.98. The number of nitrogen functional groups attached to an aromatic ring is 1. The molecule has 4 rings (SSSR count). The van der Waals surface area contributed by atoms with Gasteiger partial charge in [-0.3, -0.25) is 0 Å². The van der Waals surface area contributed by atoms with Gasteiger partial charge in [0.1, 0.15) is 28.5 Å². The molecule has 0 atom stereocenters. The predicted octanol–water partition coefficient (Wildman–Crippen LogP) is 3.20. The van der Waals surface area contributed by atoms with Gasteiger partial charge in [0.25, 0.3) is 0 Å². The summed E-state index contributed by atoms with van der Waals surface area (Å²) in [4.78, 5) is 7.33. The number of nitrogens with two attached hydrogens (primary N) is 1. The summed E-state index contributed by atoms with van der Waals surface area (Å²) in [5, 5.41) is 9.45. The zero-order chi connectivity index (χ0) is 15.8. The number of nitrogens with zero attached hydrogens (tertiary/aromatic N) is 4. The quantitative estimate of drug-likeness (QED) is 0.590. The van der Waals surface area contributed by atoms with Gasteiger partial charge in [-0.15, -0.1) is 0 Å². The van der Waals surface area contributed by atoms with E-state index in [9.17, 15) is 5.26 Å². The van der Waals surface area contributed by atoms with Crippen LogP contribution in [0.1, 0.15) is 5.56 Å². The first-order chi connectivity index (χ1) is 11.3. The molecule has 110 valence electrons. The highest BCUT2D eigenvalue weighted by Gasteiger charge is 2.14. The van der Waals surface area contributed by atoms with Crippen LogP contribution < -0.4 is 5.73 Å². The Labute approximate surface area is 135 Å². The second-order valence-corrected chi connectivity index (χ2v) is 5.52. The molecular weight excluding hydrogens is 308 g/mol. The molecule has 6 nitrogen and oxygen atoms in total. The van der Waals surface area contributed by atoms with Crippen molar-refractivity contribution in [3.63, 3.8) is 0 Å². The molecule has 0 unspecified atom stereocenters. The number of fused-ring (bicyclic) bond motifs is 1. The Bertz CT molecular complexity index is 1040. The van der Waals surface area contributed by atoms with Crippen molar-refractivity contribution in [3.05, 3.63) is 48.3 Å². The van der Waals surface area contributed by atoms with Crippen molar-refractivity contribution in [2.24, 2.45) is 0 Å². The molecule has 23 heavy (non-hydrogen) atoms. The molecule has 0 spiro atoms. The van der Waals surface area contributed by atoms with Gasteiger partial charge in [0.05, 0.1) is 17.4 Å². The molecule has 0 radical (unpaired) electrons. The fourth-order valence-corrected chi connectivity index (χ4v) is 3.01. The number of aromatic nitrogens is 4. The van der Waals surface area contributed by atoms with Crippen molar-refractivity contribution in [1.29, 1.82) is 5.26 Å². The topological polar surface area (TPSA) is 104 Å². The van der Waals surface area contributed by atoms with Gasteiger partial charge in [-0.2, -0.15) is 14.0 Å². The molecule has 3 heterocycles. The van der Waals surface area contributed by atoms with Crippen LogP contribution in [0.15, 0.2) is 42.7 Å². The smallest absolute Gasteiger partial charge is 0.142 e. The van der Waals surface area contributed by atoms with Gasteiger partial charge in [0.2, 0.25) is 0 Å². The first kappa shape index (κ1) is 13.4. The minimum atomic E-state index is 0.220. The molecule has 0 aliphatic heterocycles. The number of hydrogen-bond acceptors (Lipinski definition) is 6. The Morgan fingerprint density at radius 1 is 1.09 bits per heavy atom. The minimum Gasteiger partial charge on any atom is -0.383 e. The van der Waals surface area contributed by atoms with Crippen LogP contribution in [-0.4, -0.2) is 18.7 Å². The van der Waals surface area contributed by atoms with E-state index in [0.717, 1.165) is 39.5 Å². The standard InChI is InChI=1S/C16H10N6S/c17-7-12-11(9-1-2-13-15(5-9)22-23-21-13)6-14(20-16(12)18)10-3-4-19-8-10/h1-6,8,19H,(H2,18,20). The van der Waals surface area contributed by atoms with Crippen LogP contribution in [0.2, 0.25) is 0 Å². The lowest BCUT2D eigenvalue weighted by molar-refractivity contribution is 1.31. The number of H-pyrrole nitrogens is 1. The van der Waals surface area contributed by atoms with Crippen LogP contribution in [-0.2, 0) is 0 Å². The number of nitrogens with one attached hydrogen (secondary N) is 1. The summed E-state index contributed by atoms with van der Waals surface area (Å²) < 4.78 is 8.45. The van der Waals surface area contributed by atoms with E-state index in [0.29, 0.717) is 11.3 Å². The van der Waals surface area contributed by atoms with Gasteiger partial charge >= 0.3 is 0 Å². The van der Waals surface area contributed by atoms with Crippen LogP contribution in [0.3, 0.4) is 0 Å². The van der Waals surface area contributed by atoms with E-state index in [1.807, 2.05) is 42.7 Å². The number of benzene rings is 1. The third-order valence-corrected chi connectivity index (χ3v) is 4.17. The average molecular weight is 318 g/mol.